The van der Waals surface area contributed by atoms with E-state index < -0.39 is 0 Å². The fraction of sp³-hybridized carbons (Fsp3) is 0.409. The minimum Gasteiger partial charge on any atom is -0.489 e. The van der Waals surface area contributed by atoms with Gasteiger partial charge in [-0.2, -0.15) is 0 Å². The molecular weight excluding hydrogens is 324 g/mol. The monoisotopic (exact) mass is 352 g/mol. The van der Waals surface area contributed by atoms with E-state index in [1.807, 2.05) is 55.5 Å². The van der Waals surface area contributed by atoms with Crippen molar-refractivity contribution in [2.24, 2.45) is 0 Å². The first-order valence-corrected chi connectivity index (χ1v) is 9.51. The largest absolute Gasteiger partial charge is 0.489 e. The molecule has 0 atom stereocenters. The number of carbonyl (C=O) groups excluding carboxylic acids is 1. The van der Waals surface area contributed by atoms with Gasteiger partial charge in [0, 0.05) is 11.7 Å². The molecule has 4 heteroatoms. The predicted octanol–water partition coefficient (Wildman–Crippen LogP) is 4.43. The van der Waals surface area contributed by atoms with E-state index in [1.54, 1.807) is 0 Å². The SMILES string of the molecule is Cc1cc(OCc2ccccc2)ccc1NC(=O)CNC1CCCCC1. The number of amides is 1. The van der Waals surface area contributed by atoms with Gasteiger partial charge in [-0.05, 0) is 49.1 Å². The number of nitrogens with one attached hydrogen (secondary N) is 2. The highest BCUT2D eigenvalue weighted by Gasteiger charge is 2.14. The van der Waals surface area contributed by atoms with Crippen molar-refractivity contribution < 1.29 is 9.53 Å². The molecule has 0 aliphatic heterocycles. The molecule has 0 aromatic heterocycles. The van der Waals surface area contributed by atoms with E-state index in [-0.39, 0.29) is 5.91 Å². The lowest BCUT2D eigenvalue weighted by atomic mass is 9.95. The van der Waals surface area contributed by atoms with Gasteiger partial charge in [-0.3, -0.25) is 4.79 Å². The van der Waals surface area contributed by atoms with Gasteiger partial charge >= 0.3 is 0 Å². The Morgan fingerprint density at radius 2 is 1.85 bits per heavy atom. The minimum absolute atomic E-state index is 0.0108. The number of carbonyl (C=O) groups is 1. The van der Waals surface area contributed by atoms with Gasteiger partial charge in [-0.25, -0.2) is 0 Å². The maximum Gasteiger partial charge on any atom is 0.238 e. The highest BCUT2D eigenvalue weighted by molar-refractivity contribution is 5.93. The van der Waals surface area contributed by atoms with Gasteiger partial charge in [-0.1, -0.05) is 49.6 Å². The van der Waals surface area contributed by atoms with E-state index in [0.29, 0.717) is 19.2 Å². The van der Waals surface area contributed by atoms with Crippen LogP contribution in [-0.4, -0.2) is 18.5 Å². The second-order valence-electron chi connectivity index (χ2n) is 7.02. The Labute approximate surface area is 156 Å². The summed E-state index contributed by atoms with van der Waals surface area (Å²) >= 11 is 0. The zero-order chi connectivity index (χ0) is 18.2. The van der Waals surface area contributed by atoms with Crippen LogP contribution in [0, 0.1) is 6.92 Å². The van der Waals surface area contributed by atoms with E-state index in [9.17, 15) is 4.79 Å². The zero-order valence-electron chi connectivity index (χ0n) is 15.5. The summed E-state index contributed by atoms with van der Waals surface area (Å²) < 4.78 is 5.83. The first kappa shape index (κ1) is 18.5. The van der Waals surface area contributed by atoms with Crippen LogP contribution in [0.1, 0.15) is 43.2 Å². The fourth-order valence-electron chi connectivity index (χ4n) is 3.35. The minimum atomic E-state index is 0.0108. The molecule has 3 rings (SSSR count). The summed E-state index contributed by atoms with van der Waals surface area (Å²) in [6.07, 6.45) is 6.22. The maximum absolute atomic E-state index is 12.2. The summed E-state index contributed by atoms with van der Waals surface area (Å²) in [5.74, 6) is 0.821. The molecule has 1 fully saturated rings. The van der Waals surface area contributed by atoms with Gasteiger partial charge in [-0.15, -0.1) is 0 Å². The summed E-state index contributed by atoms with van der Waals surface area (Å²) in [5.41, 5.74) is 2.98. The number of hydrogen-bond acceptors (Lipinski definition) is 3. The Kier molecular flexibility index (Phi) is 6.67. The summed E-state index contributed by atoms with van der Waals surface area (Å²) in [6, 6.07) is 16.4. The average Bonchev–Trinajstić information content (AvgIpc) is 2.68. The van der Waals surface area contributed by atoms with Crippen molar-refractivity contribution in [3.63, 3.8) is 0 Å². The third kappa shape index (κ3) is 5.60. The fourth-order valence-corrected chi connectivity index (χ4v) is 3.35. The lowest BCUT2D eigenvalue weighted by molar-refractivity contribution is -0.115. The van der Waals surface area contributed by atoms with Gasteiger partial charge in [0.1, 0.15) is 12.4 Å². The Hall–Kier alpha value is -2.33. The van der Waals surface area contributed by atoms with Gasteiger partial charge < -0.3 is 15.4 Å². The molecule has 1 aliphatic carbocycles. The van der Waals surface area contributed by atoms with Gasteiger partial charge in [0.25, 0.3) is 0 Å². The molecule has 0 unspecified atom stereocenters. The van der Waals surface area contributed by atoms with Crippen LogP contribution in [0.15, 0.2) is 48.5 Å². The highest BCUT2D eigenvalue weighted by Crippen LogP contribution is 2.22. The van der Waals surface area contributed by atoms with Crippen molar-refractivity contribution in [3.05, 3.63) is 59.7 Å². The third-order valence-electron chi connectivity index (χ3n) is 4.88. The number of anilines is 1. The van der Waals surface area contributed by atoms with Crippen LogP contribution in [0.2, 0.25) is 0 Å². The normalized spacial score (nSPS) is 14.8. The van der Waals surface area contributed by atoms with Crippen LogP contribution in [0.5, 0.6) is 5.75 Å². The van der Waals surface area contributed by atoms with Gasteiger partial charge in [0.2, 0.25) is 5.91 Å². The van der Waals surface area contributed by atoms with Crippen molar-refractivity contribution >= 4 is 11.6 Å². The molecular formula is C22H28N2O2. The van der Waals surface area contributed by atoms with E-state index in [1.165, 1.54) is 32.1 Å². The first-order chi connectivity index (χ1) is 12.7. The predicted molar refractivity (Wildman–Crippen MR) is 105 cm³/mol. The highest BCUT2D eigenvalue weighted by atomic mass is 16.5. The Balaban J connectivity index is 1.48. The van der Waals surface area contributed by atoms with Gasteiger partial charge in [0.05, 0.1) is 6.54 Å². The third-order valence-corrected chi connectivity index (χ3v) is 4.88. The van der Waals surface area contributed by atoms with E-state index in [4.69, 9.17) is 4.74 Å². The van der Waals surface area contributed by atoms with Crippen molar-refractivity contribution in [2.45, 2.75) is 51.7 Å². The zero-order valence-corrected chi connectivity index (χ0v) is 15.5. The molecule has 0 heterocycles. The molecule has 138 valence electrons. The molecule has 1 aliphatic rings. The maximum atomic E-state index is 12.2. The smallest absolute Gasteiger partial charge is 0.238 e. The number of hydrogen-bond donors (Lipinski definition) is 2. The van der Waals surface area contributed by atoms with Crippen molar-refractivity contribution in [3.8, 4) is 5.75 Å². The summed E-state index contributed by atoms with van der Waals surface area (Å²) in [5, 5.41) is 6.37. The molecule has 26 heavy (non-hydrogen) atoms. The standard InChI is InChI=1S/C22H28N2O2/c1-17-14-20(26-16-18-8-4-2-5-9-18)12-13-21(17)24-22(25)15-23-19-10-6-3-7-11-19/h2,4-5,8-9,12-14,19,23H,3,6-7,10-11,15-16H2,1H3,(H,24,25). The number of benzene rings is 2. The van der Waals surface area contributed by atoms with E-state index in [0.717, 1.165) is 22.6 Å². The molecule has 0 saturated heterocycles. The van der Waals surface area contributed by atoms with Crippen LogP contribution in [-0.2, 0) is 11.4 Å². The van der Waals surface area contributed by atoms with Crippen LogP contribution in [0.3, 0.4) is 0 Å². The molecule has 2 aromatic carbocycles. The van der Waals surface area contributed by atoms with Crippen molar-refractivity contribution in [1.29, 1.82) is 0 Å². The summed E-state index contributed by atoms with van der Waals surface area (Å²) in [7, 11) is 0. The second-order valence-corrected chi connectivity index (χ2v) is 7.02. The van der Waals surface area contributed by atoms with E-state index >= 15 is 0 Å². The lowest BCUT2D eigenvalue weighted by Gasteiger charge is -2.22. The number of rotatable bonds is 7. The van der Waals surface area contributed by atoms with Crippen LogP contribution < -0.4 is 15.4 Å². The average molecular weight is 352 g/mol. The Morgan fingerprint density at radius 3 is 2.58 bits per heavy atom. The number of aryl methyl sites for hydroxylation is 1. The lowest BCUT2D eigenvalue weighted by Crippen LogP contribution is -2.37. The van der Waals surface area contributed by atoms with Crippen LogP contribution >= 0.6 is 0 Å². The molecule has 0 radical (unpaired) electrons. The summed E-state index contributed by atoms with van der Waals surface area (Å²) in [4.78, 5) is 12.2. The first-order valence-electron chi connectivity index (χ1n) is 9.51. The molecule has 2 N–H and O–H groups in total. The Bertz CT molecular complexity index is 709. The summed E-state index contributed by atoms with van der Waals surface area (Å²) in [6.45, 7) is 2.90. The van der Waals surface area contributed by atoms with Crippen molar-refractivity contribution in [1.82, 2.24) is 5.32 Å². The molecule has 4 nitrogen and oxygen atoms in total. The second kappa shape index (κ2) is 9.39. The molecule has 0 bridgehead atoms. The quantitative estimate of drug-likeness (QED) is 0.775. The van der Waals surface area contributed by atoms with Gasteiger partial charge in [0.15, 0.2) is 0 Å². The molecule has 1 saturated carbocycles. The topological polar surface area (TPSA) is 50.4 Å². The van der Waals surface area contributed by atoms with Crippen molar-refractivity contribution in [2.75, 3.05) is 11.9 Å². The van der Waals surface area contributed by atoms with Crippen LogP contribution in [0.25, 0.3) is 0 Å². The van der Waals surface area contributed by atoms with Crippen LogP contribution in [0.4, 0.5) is 5.69 Å². The molecule has 0 spiro atoms. The number of ether oxygens (including phenoxy) is 1. The Morgan fingerprint density at radius 1 is 1.08 bits per heavy atom. The molecule has 2 aromatic rings. The molecule has 1 amide bonds. The van der Waals surface area contributed by atoms with E-state index in [2.05, 4.69) is 10.6 Å².